The molecule has 136 valence electrons. The lowest BCUT2D eigenvalue weighted by Gasteiger charge is -2.22. The summed E-state index contributed by atoms with van der Waals surface area (Å²) >= 11 is 8.44. The molecule has 1 fully saturated rings. The van der Waals surface area contributed by atoms with Gasteiger partial charge in [-0.15, -0.1) is 11.3 Å². The number of nitrogens with zero attached hydrogens (tertiary/aromatic N) is 2. The Morgan fingerprint density at radius 1 is 1.35 bits per heavy atom. The summed E-state index contributed by atoms with van der Waals surface area (Å²) in [5.41, 5.74) is 0.740. The smallest absolute Gasteiger partial charge is 0.253 e. The largest absolute Gasteiger partial charge is 0.301 e. The summed E-state index contributed by atoms with van der Waals surface area (Å²) in [4.78, 5) is 17.1. The van der Waals surface area contributed by atoms with E-state index in [1.54, 1.807) is 35.7 Å². The highest BCUT2D eigenvalue weighted by atomic mass is 35.5. The molecule has 0 spiro atoms. The van der Waals surface area contributed by atoms with Crippen LogP contribution in [0, 0.1) is 0 Å². The third-order valence-corrected chi connectivity index (χ3v) is 8.59. The minimum atomic E-state index is -3.66. The molecule has 1 saturated heterocycles. The van der Waals surface area contributed by atoms with Gasteiger partial charge < -0.3 is 5.32 Å². The third kappa shape index (κ3) is 3.25. The molecule has 26 heavy (non-hydrogen) atoms. The van der Waals surface area contributed by atoms with Crippen LogP contribution in [0.15, 0.2) is 39.9 Å². The standard InChI is InChI=1S/C16H14ClN3O3S3/c17-10-5-6-11-13(9-10)25-16(18-11)19-15(21)12-3-1-7-20(12)26(22,23)14-4-2-8-24-14/h2,4-6,8-9,12H,1,3,7H2,(H,18,19,21). The lowest BCUT2D eigenvalue weighted by atomic mass is 10.2. The van der Waals surface area contributed by atoms with Gasteiger partial charge in [-0.2, -0.15) is 4.31 Å². The Labute approximate surface area is 163 Å². The van der Waals surface area contributed by atoms with Crippen LogP contribution in [-0.2, 0) is 14.8 Å². The van der Waals surface area contributed by atoms with Gasteiger partial charge in [0.05, 0.1) is 10.2 Å². The van der Waals surface area contributed by atoms with Crippen LogP contribution in [0.4, 0.5) is 5.13 Å². The molecule has 1 aliphatic rings. The van der Waals surface area contributed by atoms with Crippen molar-refractivity contribution in [2.24, 2.45) is 0 Å². The predicted molar refractivity (Wildman–Crippen MR) is 104 cm³/mol. The van der Waals surface area contributed by atoms with Crippen molar-refractivity contribution in [1.29, 1.82) is 0 Å². The van der Waals surface area contributed by atoms with Crippen LogP contribution >= 0.6 is 34.3 Å². The predicted octanol–water partition coefficient (Wildman–Crippen LogP) is 3.80. The van der Waals surface area contributed by atoms with E-state index in [2.05, 4.69) is 10.3 Å². The highest BCUT2D eigenvalue weighted by Gasteiger charge is 2.40. The number of thiophene rings is 1. The van der Waals surface area contributed by atoms with Gasteiger partial charge in [-0.05, 0) is 42.5 Å². The zero-order chi connectivity index (χ0) is 18.3. The van der Waals surface area contributed by atoms with E-state index < -0.39 is 16.1 Å². The summed E-state index contributed by atoms with van der Waals surface area (Å²) in [6.07, 6.45) is 1.14. The van der Waals surface area contributed by atoms with Crippen molar-refractivity contribution in [3.8, 4) is 0 Å². The lowest BCUT2D eigenvalue weighted by molar-refractivity contribution is -0.119. The van der Waals surface area contributed by atoms with Crippen molar-refractivity contribution in [1.82, 2.24) is 9.29 Å². The van der Waals surface area contributed by atoms with E-state index in [9.17, 15) is 13.2 Å². The first-order valence-electron chi connectivity index (χ1n) is 7.87. The summed E-state index contributed by atoms with van der Waals surface area (Å²) in [5.74, 6) is -0.354. The van der Waals surface area contributed by atoms with Gasteiger partial charge in [0.25, 0.3) is 10.0 Å². The molecule has 1 N–H and O–H groups in total. The number of hydrogen-bond donors (Lipinski definition) is 1. The number of halogens is 1. The van der Waals surface area contributed by atoms with Gasteiger partial charge in [0, 0.05) is 11.6 Å². The maximum absolute atomic E-state index is 12.8. The first-order chi connectivity index (χ1) is 12.4. The van der Waals surface area contributed by atoms with Crippen LogP contribution in [0.2, 0.25) is 5.02 Å². The van der Waals surface area contributed by atoms with Crippen molar-refractivity contribution in [2.75, 3.05) is 11.9 Å². The van der Waals surface area contributed by atoms with E-state index >= 15 is 0 Å². The fourth-order valence-electron chi connectivity index (χ4n) is 2.96. The molecule has 0 radical (unpaired) electrons. The Bertz CT molecular complexity index is 1060. The summed E-state index contributed by atoms with van der Waals surface area (Å²) < 4.78 is 27.9. The normalized spacial score (nSPS) is 18.4. The minimum Gasteiger partial charge on any atom is -0.301 e. The number of carbonyl (C=O) groups is 1. The third-order valence-electron chi connectivity index (χ3n) is 4.14. The summed E-state index contributed by atoms with van der Waals surface area (Å²) in [6, 6.07) is 7.83. The number of rotatable bonds is 4. The fourth-order valence-corrected chi connectivity index (χ4v) is 6.88. The second-order valence-electron chi connectivity index (χ2n) is 5.83. The molecule has 3 aromatic rings. The number of thiazole rings is 1. The van der Waals surface area contributed by atoms with E-state index in [0.717, 1.165) is 21.6 Å². The molecule has 1 aliphatic heterocycles. The first kappa shape index (κ1) is 17.9. The van der Waals surface area contributed by atoms with E-state index in [1.807, 2.05) is 0 Å². The Balaban J connectivity index is 1.56. The molecule has 0 aliphatic carbocycles. The fraction of sp³-hybridized carbons (Fsp3) is 0.250. The SMILES string of the molecule is O=C(Nc1nc2ccc(Cl)cc2s1)C1CCCN1S(=O)(=O)c1cccs1. The Kier molecular flexibility index (Phi) is 4.74. The van der Waals surface area contributed by atoms with Gasteiger partial charge >= 0.3 is 0 Å². The van der Waals surface area contributed by atoms with Gasteiger partial charge in [0.2, 0.25) is 5.91 Å². The van der Waals surface area contributed by atoms with E-state index in [-0.39, 0.29) is 10.1 Å². The van der Waals surface area contributed by atoms with Crippen LogP contribution < -0.4 is 5.32 Å². The molecule has 0 bridgehead atoms. The average Bonchev–Trinajstić information content (AvgIpc) is 3.34. The number of anilines is 1. The maximum Gasteiger partial charge on any atom is 0.253 e. The van der Waals surface area contributed by atoms with Crippen molar-refractivity contribution in [2.45, 2.75) is 23.1 Å². The zero-order valence-electron chi connectivity index (χ0n) is 13.4. The molecular formula is C16H14ClN3O3S3. The molecule has 1 unspecified atom stereocenters. The monoisotopic (exact) mass is 427 g/mol. The topological polar surface area (TPSA) is 79.4 Å². The van der Waals surface area contributed by atoms with Gasteiger partial charge in [0.15, 0.2) is 5.13 Å². The number of nitrogens with one attached hydrogen (secondary N) is 1. The summed E-state index contributed by atoms with van der Waals surface area (Å²) in [7, 11) is -3.66. The number of amides is 1. The zero-order valence-corrected chi connectivity index (χ0v) is 16.6. The molecule has 0 saturated carbocycles. The van der Waals surface area contributed by atoms with Crippen LogP contribution in [0.1, 0.15) is 12.8 Å². The van der Waals surface area contributed by atoms with Crippen molar-refractivity contribution >= 4 is 65.6 Å². The maximum atomic E-state index is 12.8. The van der Waals surface area contributed by atoms with Crippen LogP contribution in [0.3, 0.4) is 0 Å². The van der Waals surface area contributed by atoms with E-state index in [4.69, 9.17) is 11.6 Å². The Morgan fingerprint density at radius 2 is 2.19 bits per heavy atom. The molecular weight excluding hydrogens is 414 g/mol. The second kappa shape index (κ2) is 6.90. The van der Waals surface area contributed by atoms with Crippen molar-refractivity contribution < 1.29 is 13.2 Å². The minimum absolute atomic E-state index is 0.256. The van der Waals surface area contributed by atoms with Gasteiger partial charge in [-0.1, -0.05) is 29.0 Å². The summed E-state index contributed by atoms with van der Waals surface area (Å²) in [5, 5.41) is 5.51. The number of benzene rings is 1. The van der Waals surface area contributed by atoms with Gasteiger partial charge in [-0.3, -0.25) is 4.79 Å². The van der Waals surface area contributed by atoms with Crippen molar-refractivity contribution in [3.05, 3.63) is 40.7 Å². The van der Waals surface area contributed by atoms with Crippen LogP contribution in [0.5, 0.6) is 0 Å². The Hall–Kier alpha value is -1.52. The highest BCUT2D eigenvalue weighted by Crippen LogP contribution is 2.31. The summed E-state index contributed by atoms with van der Waals surface area (Å²) in [6.45, 7) is 0.341. The highest BCUT2D eigenvalue weighted by molar-refractivity contribution is 7.91. The van der Waals surface area contributed by atoms with Gasteiger partial charge in [0.1, 0.15) is 10.3 Å². The van der Waals surface area contributed by atoms with Crippen molar-refractivity contribution in [3.63, 3.8) is 0 Å². The molecule has 1 aromatic carbocycles. The molecule has 1 atom stereocenters. The van der Waals surface area contributed by atoms with Gasteiger partial charge in [-0.25, -0.2) is 13.4 Å². The number of carbonyl (C=O) groups excluding carboxylic acids is 1. The quantitative estimate of drug-likeness (QED) is 0.686. The lowest BCUT2D eigenvalue weighted by Crippen LogP contribution is -2.42. The number of hydrogen-bond acceptors (Lipinski definition) is 6. The molecule has 6 nitrogen and oxygen atoms in total. The molecule has 2 aromatic heterocycles. The Morgan fingerprint density at radius 3 is 2.96 bits per heavy atom. The molecule has 4 rings (SSSR count). The number of fused-ring (bicyclic) bond motifs is 1. The first-order valence-corrected chi connectivity index (χ1v) is 11.4. The number of aromatic nitrogens is 1. The molecule has 10 heteroatoms. The second-order valence-corrected chi connectivity index (χ2v) is 10.4. The number of sulfonamides is 1. The van der Waals surface area contributed by atoms with E-state index in [1.165, 1.54) is 15.6 Å². The molecule has 1 amide bonds. The molecule has 3 heterocycles. The average molecular weight is 428 g/mol. The van der Waals surface area contributed by atoms with Crippen LogP contribution in [0.25, 0.3) is 10.2 Å². The van der Waals surface area contributed by atoms with E-state index in [0.29, 0.717) is 29.5 Å². The van der Waals surface area contributed by atoms with Crippen LogP contribution in [-0.4, -0.2) is 36.2 Å².